The Hall–Kier alpha value is -0.612. The van der Waals surface area contributed by atoms with Gasteiger partial charge in [-0.1, -0.05) is 101 Å². The number of hydrogen-bond donors (Lipinski definition) is 3. The summed E-state index contributed by atoms with van der Waals surface area (Å²) in [5, 5.41) is 14.0. The normalized spacial score (nSPS) is 8.48. The van der Waals surface area contributed by atoms with Crippen LogP contribution in [0, 0.1) is 6.42 Å². The fourth-order valence-corrected chi connectivity index (χ4v) is 2.48. The quantitative estimate of drug-likeness (QED) is 0.213. The molecular formula is C21H42MoNO4-. The van der Waals surface area contributed by atoms with E-state index in [0.717, 1.165) is 20.6 Å². The van der Waals surface area contributed by atoms with Gasteiger partial charge < -0.3 is 22.8 Å². The van der Waals surface area contributed by atoms with Gasteiger partial charge in [-0.15, -0.1) is 0 Å². The molecule has 5 nitrogen and oxygen atoms in total. The molecule has 0 amide bonds. The summed E-state index contributed by atoms with van der Waals surface area (Å²) in [4.78, 5) is 0. The number of hydrogen-bond acceptors (Lipinski definition) is 5. The average Bonchev–Trinajstić information content (AvgIpc) is 2.71. The second kappa shape index (κ2) is 36.3. The Kier molecular flexibility index (Phi) is 45.7. The second-order valence-corrected chi connectivity index (χ2v) is 6.00. The van der Waals surface area contributed by atoms with Gasteiger partial charge in [-0.2, -0.15) is 12.8 Å². The van der Waals surface area contributed by atoms with Crippen molar-refractivity contribution in [3.63, 3.8) is 0 Å². The Bertz CT molecular complexity index is 372. The summed E-state index contributed by atoms with van der Waals surface area (Å²) in [6.45, 7) is 2.28. The number of benzene rings is 1. The fraction of sp³-hybridized carbons (Fsp3) is 0.667. The minimum atomic E-state index is -2.03. The first-order valence-corrected chi connectivity index (χ1v) is 11.2. The maximum atomic E-state index is 8.50. The van der Waals surface area contributed by atoms with E-state index in [1.54, 1.807) is 0 Å². The second-order valence-electron chi connectivity index (χ2n) is 5.66. The van der Waals surface area contributed by atoms with Gasteiger partial charge >= 0.3 is 25.3 Å². The van der Waals surface area contributed by atoms with E-state index < -0.39 is 18.5 Å². The molecule has 0 heterocycles. The van der Waals surface area contributed by atoms with Crippen molar-refractivity contribution >= 4 is 0 Å². The Balaban J connectivity index is -0.000000292. The Morgan fingerprint density at radius 2 is 1.19 bits per heavy atom. The molecule has 0 spiro atoms. The predicted octanol–water partition coefficient (Wildman–Crippen LogP) is 5.49. The van der Waals surface area contributed by atoms with E-state index in [1.165, 1.54) is 69.8 Å². The van der Waals surface area contributed by atoms with E-state index in [4.69, 9.17) is 17.0 Å². The van der Waals surface area contributed by atoms with Gasteiger partial charge in [0.15, 0.2) is 0 Å². The summed E-state index contributed by atoms with van der Waals surface area (Å²) in [5.74, 6) is 0. The molecule has 0 bridgehead atoms. The first-order valence-electron chi connectivity index (χ1n) is 9.52. The molecule has 0 aliphatic carbocycles. The van der Waals surface area contributed by atoms with E-state index in [1.807, 2.05) is 0 Å². The fourth-order valence-electron chi connectivity index (χ4n) is 2.48. The number of rotatable bonds is 12. The van der Waals surface area contributed by atoms with Gasteiger partial charge in [-0.3, -0.25) is 0 Å². The summed E-state index contributed by atoms with van der Waals surface area (Å²) in [6.07, 6.45) is 17.7. The van der Waals surface area contributed by atoms with E-state index >= 15 is 0 Å². The third kappa shape index (κ3) is 33.4. The summed E-state index contributed by atoms with van der Waals surface area (Å²) in [6, 6.07) is 10.8. The van der Waals surface area contributed by atoms with Gasteiger partial charge in [-0.05, 0) is 0 Å². The van der Waals surface area contributed by atoms with Gasteiger partial charge in [0.2, 0.25) is 0 Å². The van der Waals surface area contributed by atoms with E-state index in [9.17, 15) is 0 Å². The van der Waals surface area contributed by atoms with Gasteiger partial charge in [0.1, 0.15) is 0 Å². The van der Waals surface area contributed by atoms with Crippen LogP contribution in [0.25, 0.3) is 0 Å². The van der Waals surface area contributed by atoms with Crippen molar-refractivity contribution in [1.29, 1.82) is 0 Å². The molecule has 162 valence electrons. The molecule has 5 N–H and O–H groups in total. The Morgan fingerprint density at radius 3 is 1.63 bits per heavy atom. The maximum absolute atomic E-state index is 8.50. The van der Waals surface area contributed by atoms with Crippen LogP contribution in [-0.4, -0.2) is 24.4 Å². The number of aliphatic hydroxyl groups is 2. The molecule has 27 heavy (non-hydrogen) atoms. The summed E-state index contributed by atoms with van der Waals surface area (Å²) >= 11 is -2.03. The van der Waals surface area contributed by atoms with Gasteiger partial charge in [0, 0.05) is 14.2 Å². The number of aliphatic hydroxyl groups excluding tert-OH is 2. The van der Waals surface area contributed by atoms with E-state index in [-0.39, 0.29) is 6.15 Å². The van der Waals surface area contributed by atoms with Crippen LogP contribution in [0.4, 0.5) is 0 Å². The van der Waals surface area contributed by atoms with Crippen LogP contribution in [-0.2, 0) is 31.7 Å². The molecule has 1 aromatic carbocycles. The first kappa shape index (κ1) is 33.9. The van der Waals surface area contributed by atoms with Gasteiger partial charge in [0.05, 0.1) is 0 Å². The van der Waals surface area contributed by atoms with E-state index in [0.29, 0.717) is 0 Å². The molecule has 0 aliphatic heterocycles. The van der Waals surface area contributed by atoms with E-state index in [2.05, 4.69) is 43.7 Å². The summed E-state index contributed by atoms with van der Waals surface area (Å²) in [7, 11) is 2.00. The molecule has 0 fully saturated rings. The monoisotopic (exact) mass is 470 g/mol. The van der Waals surface area contributed by atoms with Crippen molar-refractivity contribution in [3.05, 3.63) is 42.3 Å². The number of unbranched alkanes of at least 4 members (excludes halogenated alkanes) is 10. The Morgan fingerprint density at radius 1 is 0.778 bits per heavy atom. The van der Waals surface area contributed by atoms with Crippen molar-refractivity contribution in [2.24, 2.45) is 0 Å². The molecule has 1 aromatic rings. The SMILES string of the molecule is CCCCCCCCCCC[CH-]Cc1ccccc1.CO.CO.N.[O]=[Mo]=[O]. The zero-order valence-corrected chi connectivity index (χ0v) is 19.6. The van der Waals surface area contributed by atoms with Crippen LogP contribution in [0.15, 0.2) is 30.3 Å². The van der Waals surface area contributed by atoms with Crippen molar-refractivity contribution in [2.45, 2.75) is 77.6 Å². The molecule has 0 saturated heterocycles. The van der Waals surface area contributed by atoms with Crippen LogP contribution in [0.2, 0.25) is 0 Å². The first-order chi connectivity index (χ1) is 12.8. The van der Waals surface area contributed by atoms with Crippen molar-refractivity contribution in [3.8, 4) is 0 Å². The zero-order chi connectivity index (χ0) is 20.3. The van der Waals surface area contributed by atoms with Crippen LogP contribution >= 0.6 is 0 Å². The van der Waals surface area contributed by atoms with Crippen LogP contribution in [0.5, 0.6) is 0 Å². The van der Waals surface area contributed by atoms with Gasteiger partial charge in [-0.25, -0.2) is 0 Å². The van der Waals surface area contributed by atoms with Crippen molar-refractivity contribution < 1.29 is 35.5 Å². The van der Waals surface area contributed by atoms with Crippen LogP contribution in [0.3, 0.4) is 0 Å². The summed E-state index contributed by atoms with van der Waals surface area (Å²) in [5.41, 5.74) is 1.44. The predicted molar refractivity (Wildman–Crippen MR) is 109 cm³/mol. The van der Waals surface area contributed by atoms with Crippen LogP contribution < -0.4 is 6.15 Å². The molecule has 0 atom stereocenters. The molecule has 0 aromatic heterocycles. The zero-order valence-electron chi connectivity index (χ0n) is 17.6. The molecule has 0 aliphatic rings. The molecular weight excluding hydrogens is 426 g/mol. The molecule has 1 rings (SSSR count). The topological polar surface area (TPSA) is 110 Å². The van der Waals surface area contributed by atoms with Crippen molar-refractivity contribution in [1.82, 2.24) is 6.15 Å². The Labute approximate surface area is 175 Å². The average molecular weight is 469 g/mol. The third-order valence-electron chi connectivity index (χ3n) is 3.73. The van der Waals surface area contributed by atoms with Crippen LogP contribution in [0.1, 0.15) is 76.7 Å². The summed E-state index contributed by atoms with van der Waals surface area (Å²) < 4.78 is 17.0. The molecule has 0 saturated carbocycles. The van der Waals surface area contributed by atoms with Gasteiger partial charge in [0.25, 0.3) is 0 Å². The molecule has 6 heteroatoms. The molecule has 0 unspecified atom stereocenters. The minimum absolute atomic E-state index is 0. The standard InChI is InChI=1S/C19H31.2CH4O.Mo.H3N.2O/c1-2-3-4-5-6-7-8-9-10-11-13-16-19-17-14-12-15-18-19;2*1-2;;;;/h12-15,17-18H,2-11,16H2,1H3;2*2H,1H3;;1H3;;/q-1;;;;;;. The van der Waals surface area contributed by atoms with Crippen molar-refractivity contribution in [2.75, 3.05) is 14.2 Å². The molecule has 0 radical (unpaired) electrons. The third-order valence-corrected chi connectivity index (χ3v) is 3.73.